The Hall–Kier alpha value is -1.33. The Morgan fingerprint density at radius 3 is 2.67 bits per heavy atom. The molecule has 1 aromatic rings. The first kappa shape index (κ1) is 10.2. The fourth-order valence-electron chi connectivity index (χ4n) is 2.07. The lowest BCUT2D eigenvalue weighted by Gasteiger charge is -2.39. The molecule has 0 unspecified atom stereocenters. The van der Waals surface area contributed by atoms with Crippen LogP contribution in [0.15, 0.2) is 30.3 Å². The van der Waals surface area contributed by atoms with Gasteiger partial charge in [0.05, 0.1) is 6.07 Å². The van der Waals surface area contributed by atoms with E-state index >= 15 is 0 Å². The number of nitriles is 1. The second-order valence-corrected chi connectivity index (χ2v) is 4.13. The van der Waals surface area contributed by atoms with Crippen molar-refractivity contribution in [2.75, 3.05) is 19.6 Å². The quantitative estimate of drug-likeness (QED) is 0.698. The van der Waals surface area contributed by atoms with Crippen LogP contribution in [0, 0.1) is 11.3 Å². The molecule has 2 heteroatoms. The van der Waals surface area contributed by atoms with E-state index < -0.39 is 0 Å². The largest absolute Gasteiger partial charge is 0.302 e. The molecular weight excluding hydrogens is 184 g/mol. The molecule has 1 saturated heterocycles. The van der Waals surface area contributed by atoms with Gasteiger partial charge >= 0.3 is 0 Å². The number of hydrogen-bond donors (Lipinski definition) is 0. The predicted octanol–water partition coefficient (Wildman–Crippen LogP) is 2.39. The number of likely N-dealkylation sites (tertiary alicyclic amines) is 1. The van der Waals surface area contributed by atoms with Crippen LogP contribution in [0.4, 0.5) is 0 Å². The van der Waals surface area contributed by atoms with E-state index in [9.17, 15) is 0 Å². The Labute approximate surface area is 91.1 Å². The molecule has 0 aliphatic carbocycles. The van der Waals surface area contributed by atoms with Crippen LogP contribution >= 0.6 is 0 Å². The number of rotatable bonds is 4. The summed E-state index contributed by atoms with van der Waals surface area (Å²) in [6.07, 6.45) is 1.70. The molecular formula is C13H16N2. The van der Waals surface area contributed by atoms with Gasteiger partial charge in [-0.25, -0.2) is 0 Å². The summed E-state index contributed by atoms with van der Waals surface area (Å²) in [6, 6.07) is 12.9. The molecule has 2 nitrogen and oxygen atoms in total. The summed E-state index contributed by atoms with van der Waals surface area (Å²) in [5.41, 5.74) is 1.45. The van der Waals surface area contributed by atoms with E-state index in [4.69, 9.17) is 5.26 Å². The lowest BCUT2D eigenvalue weighted by molar-refractivity contribution is 0.147. The minimum Gasteiger partial charge on any atom is -0.302 e. The van der Waals surface area contributed by atoms with E-state index in [1.807, 2.05) is 0 Å². The van der Waals surface area contributed by atoms with Gasteiger partial charge in [0.25, 0.3) is 0 Å². The summed E-state index contributed by atoms with van der Waals surface area (Å²) in [7, 11) is 0. The first-order valence-corrected chi connectivity index (χ1v) is 5.54. The SMILES string of the molecule is N#CCCCN1CC(c2ccccc2)C1. The zero-order valence-corrected chi connectivity index (χ0v) is 8.89. The number of nitrogens with zero attached hydrogens (tertiary/aromatic N) is 2. The molecule has 1 heterocycles. The third kappa shape index (κ3) is 2.57. The highest BCUT2D eigenvalue weighted by atomic mass is 15.2. The van der Waals surface area contributed by atoms with Crippen molar-refractivity contribution in [2.45, 2.75) is 18.8 Å². The van der Waals surface area contributed by atoms with Crippen LogP contribution < -0.4 is 0 Å². The average Bonchev–Trinajstić information content (AvgIpc) is 2.23. The highest BCUT2D eigenvalue weighted by Gasteiger charge is 2.26. The Morgan fingerprint density at radius 1 is 1.27 bits per heavy atom. The van der Waals surface area contributed by atoms with E-state index in [1.165, 1.54) is 5.56 Å². The molecule has 0 bridgehead atoms. The van der Waals surface area contributed by atoms with Gasteiger partial charge in [-0.15, -0.1) is 0 Å². The maximum atomic E-state index is 8.43. The van der Waals surface area contributed by atoms with Gasteiger partial charge in [0.1, 0.15) is 0 Å². The van der Waals surface area contributed by atoms with Gasteiger partial charge in [0, 0.05) is 25.4 Å². The molecule has 1 aliphatic heterocycles. The Morgan fingerprint density at radius 2 is 2.00 bits per heavy atom. The molecule has 1 fully saturated rings. The lowest BCUT2D eigenvalue weighted by Crippen LogP contribution is -2.45. The first-order valence-electron chi connectivity index (χ1n) is 5.54. The highest BCUT2D eigenvalue weighted by molar-refractivity contribution is 5.22. The monoisotopic (exact) mass is 200 g/mol. The molecule has 2 rings (SSSR count). The van der Waals surface area contributed by atoms with Gasteiger partial charge < -0.3 is 4.90 Å². The smallest absolute Gasteiger partial charge is 0.0622 e. The molecule has 15 heavy (non-hydrogen) atoms. The van der Waals surface area contributed by atoms with Crippen molar-refractivity contribution in [3.63, 3.8) is 0 Å². The van der Waals surface area contributed by atoms with Crippen molar-refractivity contribution in [3.8, 4) is 6.07 Å². The van der Waals surface area contributed by atoms with Crippen molar-refractivity contribution >= 4 is 0 Å². The summed E-state index contributed by atoms with van der Waals surface area (Å²) in [6.45, 7) is 3.40. The van der Waals surface area contributed by atoms with E-state index in [0.717, 1.165) is 26.1 Å². The van der Waals surface area contributed by atoms with Crippen molar-refractivity contribution in [3.05, 3.63) is 35.9 Å². The van der Waals surface area contributed by atoms with Gasteiger partial charge in [-0.1, -0.05) is 30.3 Å². The second kappa shape index (κ2) is 4.95. The number of unbranched alkanes of at least 4 members (excludes halogenated alkanes) is 1. The standard InChI is InChI=1S/C13H16N2/c14-8-4-5-9-15-10-13(11-15)12-6-2-1-3-7-12/h1-3,6-7,13H,4-5,9-11H2. The molecule has 0 radical (unpaired) electrons. The third-order valence-corrected chi connectivity index (χ3v) is 2.99. The zero-order valence-electron chi connectivity index (χ0n) is 8.89. The van der Waals surface area contributed by atoms with E-state index in [2.05, 4.69) is 41.3 Å². The normalized spacial score (nSPS) is 17.0. The minimum absolute atomic E-state index is 0.687. The van der Waals surface area contributed by atoms with Gasteiger partial charge in [-0.2, -0.15) is 5.26 Å². The average molecular weight is 200 g/mol. The molecule has 0 N–H and O–H groups in total. The Balaban J connectivity index is 1.72. The fraction of sp³-hybridized carbons (Fsp3) is 0.462. The van der Waals surface area contributed by atoms with Crippen molar-refractivity contribution < 1.29 is 0 Å². The maximum Gasteiger partial charge on any atom is 0.0622 e. The van der Waals surface area contributed by atoms with Gasteiger partial charge in [0.15, 0.2) is 0 Å². The van der Waals surface area contributed by atoms with E-state index in [1.54, 1.807) is 0 Å². The highest BCUT2D eigenvalue weighted by Crippen LogP contribution is 2.26. The van der Waals surface area contributed by atoms with Crippen LogP contribution in [0.3, 0.4) is 0 Å². The number of benzene rings is 1. The van der Waals surface area contributed by atoms with Crippen LogP contribution in [-0.4, -0.2) is 24.5 Å². The van der Waals surface area contributed by atoms with E-state index in [-0.39, 0.29) is 0 Å². The first-order chi connectivity index (χ1) is 7.40. The molecule has 0 aromatic heterocycles. The maximum absolute atomic E-state index is 8.43. The second-order valence-electron chi connectivity index (χ2n) is 4.13. The van der Waals surface area contributed by atoms with E-state index in [0.29, 0.717) is 12.3 Å². The summed E-state index contributed by atoms with van der Waals surface area (Å²) in [4.78, 5) is 2.43. The number of hydrogen-bond acceptors (Lipinski definition) is 2. The third-order valence-electron chi connectivity index (χ3n) is 2.99. The summed E-state index contributed by atoms with van der Waals surface area (Å²) < 4.78 is 0. The lowest BCUT2D eigenvalue weighted by atomic mass is 9.91. The van der Waals surface area contributed by atoms with Gasteiger partial charge in [-0.3, -0.25) is 0 Å². The predicted molar refractivity (Wildman–Crippen MR) is 60.5 cm³/mol. The molecule has 0 saturated carbocycles. The van der Waals surface area contributed by atoms with Gasteiger partial charge in [-0.05, 0) is 18.5 Å². The topological polar surface area (TPSA) is 27.0 Å². The van der Waals surface area contributed by atoms with Crippen LogP contribution in [0.2, 0.25) is 0 Å². The summed E-state index contributed by atoms with van der Waals surface area (Å²) in [5, 5.41) is 8.43. The Bertz CT molecular complexity index is 333. The van der Waals surface area contributed by atoms with Crippen molar-refractivity contribution in [2.24, 2.45) is 0 Å². The van der Waals surface area contributed by atoms with Crippen LogP contribution in [0.25, 0.3) is 0 Å². The van der Waals surface area contributed by atoms with Crippen LogP contribution in [-0.2, 0) is 0 Å². The molecule has 0 spiro atoms. The molecule has 1 aliphatic rings. The van der Waals surface area contributed by atoms with Crippen LogP contribution in [0.1, 0.15) is 24.3 Å². The Kier molecular flexibility index (Phi) is 3.37. The van der Waals surface area contributed by atoms with Gasteiger partial charge in [0.2, 0.25) is 0 Å². The fourth-order valence-corrected chi connectivity index (χ4v) is 2.07. The molecule has 1 aromatic carbocycles. The van der Waals surface area contributed by atoms with Crippen molar-refractivity contribution in [1.29, 1.82) is 5.26 Å². The zero-order chi connectivity index (χ0) is 10.5. The minimum atomic E-state index is 0.687. The summed E-state index contributed by atoms with van der Waals surface area (Å²) in [5.74, 6) is 0.716. The molecule has 78 valence electrons. The van der Waals surface area contributed by atoms with Crippen molar-refractivity contribution in [1.82, 2.24) is 4.90 Å². The van der Waals surface area contributed by atoms with Crippen LogP contribution in [0.5, 0.6) is 0 Å². The molecule has 0 amide bonds. The summed E-state index contributed by atoms with van der Waals surface area (Å²) >= 11 is 0. The molecule has 0 atom stereocenters.